The van der Waals surface area contributed by atoms with Crippen LogP contribution in [0.3, 0.4) is 0 Å². The first-order valence-electron chi connectivity index (χ1n) is 5.42. The summed E-state index contributed by atoms with van der Waals surface area (Å²) in [5.41, 5.74) is 0.919. The average molecular weight is 223 g/mol. The minimum atomic E-state index is -0.0655. The van der Waals surface area contributed by atoms with E-state index in [4.69, 9.17) is 10.3 Å². The fraction of sp³-hybridized carbons (Fsp3) is 0.417. The van der Waals surface area contributed by atoms with E-state index in [0.717, 1.165) is 19.3 Å². The van der Waals surface area contributed by atoms with Crippen molar-refractivity contribution in [2.75, 3.05) is 0 Å². The zero-order chi connectivity index (χ0) is 12.0. The van der Waals surface area contributed by atoms with Crippen LogP contribution in [0.5, 0.6) is 11.5 Å². The van der Waals surface area contributed by atoms with Gasteiger partial charge in [0.05, 0.1) is 5.71 Å². The molecule has 0 radical (unpaired) electrons. The van der Waals surface area contributed by atoms with Crippen LogP contribution in [0.4, 0.5) is 0 Å². The molecule has 0 unspecified atom stereocenters. The summed E-state index contributed by atoms with van der Waals surface area (Å²) in [6.07, 6.45) is 3.66. The maximum Gasteiger partial charge on any atom is 0.128 e. The van der Waals surface area contributed by atoms with Gasteiger partial charge in [-0.3, -0.25) is 0 Å². The van der Waals surface area contributed by atoms with Crippen molar-refractivity contribution < 1.29 is 15.4 Å². The van der Waals surface area contributed by atoms with E-state index in [1.807, 2.05) is 0 Å². The van der Waals surface area contributed by atoms with Gasteiger partial charge in [0.25, 0.3) is 0 Å². The van der Waals surface area contributed by atoms with Crippen LogP contribution in [-0.4, -0.2) is 21.1 Å². The van der Waals surface area contributed by atoms with Crippen LogP contribution in [0.25, 0.3) is 0 Å². The van der Waals surface area contributed by atoms with E-state index in [1.165, 1.54) is 12.1 Å². The number of unbranched alkanes of at least 4 members (excludes halogenated alkanes) is 2. The van der Waals surface area contributed by atoms with E-state index in [9.17, 15) is 5.11 Å². The van der Waals surface area contributed by atoms with Crippen LogP contribution in [0.2, 0.25) is 0 Å². The van der Waals surface area contributed by atoms with Crippen LogP contribution in [0.1, 0.15) is 38.2 Å². The molecule has 0 aromatic heterocycles. The first kappa shape index (κ1) is 12.4. The first-order valence-corrected chi connectivity index (χ1v) is 5.42. The van der Waals surface area contributed by atoms with Crippen LogP contribution in [0.15, 0.2) is 23.4 Å². The lowest BCUT2D eigenvalue weighted by Gasteiger charge is -2.06. The molecule has 4 heteroatoms. The normalized spacial score (nSPS) is 11.7. The average Bonchev–Trinajstić information content (AvgIpc) is 2.26. The fourth-order valence-corrected chi connectivity index (χ4v) is 1.55. The number of aromatic hydroxyl groups is 2. The van der Waals surface area contributed by atoms with E-state index in [1.54, 1.807) is 6.07 Å². The molecule has 1 rings (SSSR count). The smallest absolute Gasteiger partial charge is 0.128 e. The molecule has 1 aromatic rings. The predicted molar refractivity (Wildman–Crippen MR) is 62.2 cm³/mol. The summed E-state index contributed by atoms with van der Waals surface area (Å²) in [7, 11) is 0. The Kier molecular flexibility index (Phi) is 4.64. The van der Waals surface area contributed by atoms with Crippen LogP contribution in [-0.2, 0) is 0 Å². The third kappa shape index (κ3) is 3.15. The van der Waals surface area contributed by atoms with E-state index in [-0.39, 0.29) is 11.5 Å². The third-order valence-electron chi connectivity index (χ3n) is 2.43. The van der Waals surface area contributed by atoms with Crippen LogP contribution in [0, 0.1) is 0 Å². The number of oxime groups is 1. The number of phenols is 2. The molecular weight excluding hydrogens is 206 g/mol. The Morgan fingerprint density at radius 1 is 1.25 bits per heavy atom. The van der Waals surface area contributed by atoms with Gasteiger partial charge in [-0.15, -0.1) is 0 Å². The second kappa shape index (κ2) is 6.00. The molecular formula is C12H17NO3. The van der Waals surface area contributed by atoms with Crippen LogP contribution < -0.4 is 0 Å². The molecule has 0 bridgehead atoms. The van der Waals surface area contributed by atoms with Gasteiger partial charge in [0.2, 0.25) is 0 Å². The molecule has 0 heterocycles. The molecule has 0 atom stereocenters. The highest BCUT2D eigenvalue weighted by Gasteiger charge is 2.10. The largest absolute Gasteiger partial charge is 0.508 e. The molecule has 0 amide bonds. The molecule has 0 saturated carbocycles. The Labute approximate surface area is 94.9 Å². The summed E-state index contributed by atoms with van der Waals surface area (Å²) in [4.78, 5) is 0. The zero-order valence-corrected chi connectivity index (χ0v) is 9.35. The molecule has 0 saturated heterocycles. The predicted octanol–water partition coefficient (Wildman–Crippen LogP) is 2.86. The van der Waals surface area contributed by atoms with E-state index >= 15 is 0 Å². The van der Waals surface area contributed by atoms with Gasteiger partial charge in [-0.25, -0.2) is 0 Å². The molecule has 16 heavy (non-hydrogen) atoms. The minimum absolute atomic E-state index is 0.00732. The van der Waals surface area contributed by atoms with Gasteiger partial charge in [0.1, 0.15) is 11.5 Å². The summed E-state index contributed by atoms with van der Waals surface area (Å²) in [6, 6.07) is 4.24. The van der Waals surface area contributed by atoms with Crippen molar-refractivity contribution >= 4 is 5.71 Å². The highest BCUT2D eigenvalue weighted by molar-refractivity contribution is 6.02. The lowest BCUT2D eigenvalue weighted by Crippen LogP contribution is -2.01. The van der Waals surface area contributed by atoms with Gasteiger partial charge in [-0.05, 0) is 25.0 Å². The number of benzene rings is 1. The summed E-state index contributed by atoms with van der Waals surface area (Å²) in [6.45, 7) is 2.09. The molecule has 0 fully saturated rings. The standard InChI is InChI=1S/C12H17NO3/c1-2-3-4-5-11(13-16)10-7-6-9(14)8-12(10)15/h6-8,14-16H,2-5H2,1H3. The van der Waals surface area contributed by atoms with E-state index < -0.39 is 0 Å². The van der Waals surface area contributed by atoms with Crippen molar-refractivity contribution in [2.24, 2.45) is 5.16 Å². The maximum absolute atomic E-state index is 9.60. The Morgan fingerprint density at radius 2 is 2.00 bits per heavy atom. The van der Waals surface area contributed by atoms with Gasteiger partial charge in [0, 0.05) is 11.6 Å². The topological polar surface area (TPSA) is 73.1 Å². The van der Waals surface area contributed by atoms with Crippen molar-refractivity contribution in [1.82, 2.24) is 0 Å². The Bertz CT molecular complexity index is 375. The second-order valence-corrected chi connectivity index (χ2v) is 3.71. The summed E-state index contributed by atoms with van der Waals surface area (Å²) in [5.74, 6) is -0.0728. The molecule has 0 aliphatic carbocycles. The molecule has 0 aliphatic rings. The zero-order valence-electron chi connectivity index (χ0n) is 9.35. The molecule has 1 aromatic carbocycles. The number of hydrogen-bond donors (Lipinski definition) is 3. The Balaban J connectivity index is 2.80. The molecule has 88 valence electrons. The minimum Gasteiger partial charge on any atom is -0.508 e. The van der Waals surface area contributed by atoms with Crippen molar-refractivity contribution in [3.63, 3.8) is 0 Å². The van der Waals surface area contributed by atoms with Crippen molar-refractivity contribution in [1.29, 1.82) is 0 Å². The highest BCUT2D eigenvalue weighted by atomic mass is 16.4. The van der Waals surface area contributed by atoms with Gasteiger partial charge < -0.3 is 15.4 Å². The highest BCUT2D eigenvalue weighted by Crippen LogP contribution is 2.24. The number of phenolic OH excluding ortho intramolecular Hbond substituents is 2. The van der Waals surface area contributed by atoms with Crippen molar-refractivity contribution in [3.8, 4) is 11.5 Å². The SMILES string of the molecule is CCCCCC(=NO)c1ccc(O)cc1O. The second-order valence-electron chi connectivity index (χ2n) is 3.71. The number of hydrogen-bond acceptors (Lipinski definition) is 4. The van der Waals surface area contributed by atoms with Gasteiger partial charge in [0.15, 0.2) is 0 Å². The lowest BCUT2D eigenvalue weighted by atomic mass is 10.0. The fourth-order valence-electron chi connectivity index (χ4n) is 1.55. The Hall–Kier alpha value is -1.71. The van der Waals surface area contributed by atoms with Gasteiger partial charge in [-0.2, -0.15) is 0 Å². The van der Waals surface area contributed by atoms with Gasteiger partial charge >= 0.3 is 0 Å². The molecule has 3 N–H and O–H groups in total. The third-order valence-corrected chi connectivity index (χ3v) is 2.43. The monoisotopic (exact) mass is 223 g/mol. The van der Waals surface area contributed by atoms with E-state index in [0.29, 0.717) is 17.7 Å². The number of nitrogens with zero attached hydrogens (tertiary/aromatic N) is 1. The van der Waals surface area contributed by atoms with Crippen molar-refractivity contribution in [2.45, 2.75) is 32.6 Å². The van der Waals surface area contributed by atoms with Crippen molar-refractivity contribution in [3.05, 3.63) is 23.8 Å². The molecule has 0 aliphatic heterocycles. The van der Waals surface area contributed by atoms with E-state index in [2.05, 4.69) is 12.1 Å². The molecule has 0 spiro atoms. The summed E-state index contributed by atoms with van der Waals surface area (Å²) in [5, 5.41) is 30.8. The first-order chi connectivity index (χ1) is 7.69. The maximum atomic E-state index is 9.60. The lowest BCUT2D eigenvalue weighted by molar-refractivity contribution is 0.317. The Morgan fingerprint density at radius 3 is 2.56 bits per heavy atom. The quantitative estimate of drug-likeness (QED) is 0.311. The molecule has 4 nitrogen and oxygen atoms in total. The van der Waals surface area contributed by atoms with Gasteiger partial charge in [-0.1, -0.05) is 24.9 Å². The number of rotatable bonds is 5. The summed E-state index contributed by atoms with van der Waals surface area (Å²) >= 11 is 0. The summed E-state index contributed by atoms with van der Waals surface area (Å²) < 4.78 is 0. The van der Waals surface area contributed by atoms with Crippen LogP contribution >= 0.6 is 0 Å².